The summed E-state index contributed by atoms with van der Waals surface area (Å²) in [6.07, 6.45) is 20.5. The van der Waals surface area contributed by atoms with E-state index in [9.17, 15) is 14.4 Å². The summed E-state index contributed by atoms with van der Waals surface area (Å²) in [5.74, 6) is 6.56. The van der Waals surface area contributed by atoms with Gasteiger partial charge in [-0.25, -0.2) is 4.79 Å². The summed E-state index contributed by atoms with van der Waals surface area (Å²) in [7, 11) is 0. The van der Waals surface area contributed by atoms with E-state index in [2.05, 4.69) is 69.8 Å². The maximum Gasteiger partial charge on any atom is 0.326 e. The number of allylic oxidation sites excluding steroid dienone is 4. The van der Waals surface area contributed by atoms with Gasteiger partial charge in [-0.05, 0) is 38.5 Å². The molecule has 0 aromatic heterocycles. The lowest BCUT2D eigenvalue weighted by Gasteiger charge is -2.12. The first-order chi connectivity index (χ1) is 17.4. The Morgan fingerprint density at radius 2 is 1.28 bits per heavy atom. The van der Waals surface area contributed by atoms with Gasteiger partial charge in [0, 0.05) is 6.42 Å². The van der Waals surface area contributed by atoms with Crippen molar-refractivity contribution in [2.24, 2.45) is 11.7 Å². The van der Waals surface area contributed by atoms with Crippen molar-refractivity contribution < 1.29 is 24.6 Å². The van der Waals surface area contributed by atoms with Crippen LogP contribution in [0.4, 0.5) is 0 Å². The van der Waals surface area contributed by atoms with Crippen LogP contribution in [0.15, 0.2) is 24.3 Å². The van der Waals surface area contributed by atoms with Crippen LogP contribution in [0.1, 0.15) is 90.4 Å². The molecule has 0 aliphatic heterocycles. The highest BCUT2D eigenvalue weighted by Crippen LogP contribution is 2.08. The largest absolute Gasteiger partial charge is 0.481 e. The number of nitrogens with one attached hydrogen (secondary N) is 7. The Balaban J connectivity index is 0. The predicted molar refractivity (Wildman–Crippen MR) is 138 cm³/mol. The Hall–Kier alpha value is -2.43. The van der Waals surface area contributed by atoms with E-state index in [4.69, 9.17) is 21.9 Å². The predicted octanol–water partition coefficient (Wildman–Crippen LogP) is 0.690. The standard InChI is InChI=1S/C22H37NO5.H10N8/c1-2-3-4-5-6-7-8-9-10-11-12-13-14-15-16-17-20(24)23-19(22(27)28)18-21(25)26;1-3-5-7-8-6-4-2/h6-7,9-10,19H,2-5,8,11-18H2,1H3,(H,23,24)(H,25,26)(H,27,28);3-8H,1-2H2/b7-6-,10-9-;. The molecule has 1 atom stereocenters. The first kappa shape index (κ1) is 35.7. The van der Waals surface area contributed by atoms with Gasteiger partial charge in [-0.15, -0.1) is 0 Å². The van der Waals surface area contributed by atoms with Gasteiger partial charge in [-0.1, -0.05) is 63.3 Å². The van der Waals surface area contributed by atoms with Crippen LogP contribution in [0.25, 0.3) is 0 Å². The third-order valence-corrected chi connectivity index (χ3v) is 4.70. The Morgan fingerprint density at radius 3 is 1.78 bits per heavy atom. The van der Waals surface area contributed by atoms with Crippen LogP contribution in [0, 0.1) is 0 Å². The molecule has 1 unspecified atom stereocenters. The summed E-state index contributed by atoms with van der Waals surface area (Å²) in [4.78, 5) is 33.2. The van der Waals surface area contributed by atoms with Crippen LogP contribution in [-0.4, -0.2) is 34.1 Å². The number of rotatable bonds is 23. The molecule has 14 heteroatoms. The van der Waals surface area contributed by atoms with Gasteiger partial charge in [-0.2, -0.15) is 33.2 Å². The lowest BCUT2D eigenvalue weighted by Crippen LogP contribution is -2.61. The molecular formula is C22H47N9O5. The fraction of sp³-hybridized carbons (Fsp3) is 0.682. The Labute approximate surface area is 213 Å². The van der Waals surface area contributed by atoms with E-state index in [1.165, 1.54) is 25.7 Å². The first-order valence-corrected chi connectivity index (χ1v) is 12.3. The van der Waals surface area contributed by atoms with E-state index in [1.807, 2.05) is 0 Å². The third kappa shape index (κ3) is 29.6. The van der Waals surface area contributed by atoms with Crippen molar-refractivity contribution in [1.82, 2.24) is 38.5 Å². The molecule has 0 saturated carbocycles. The van der Waals surface area contributed by atoms with Crippen molar-refractivity contribution in [3.05, 3.63) is 24.3 Å². The molecule has 13 N–H and O–H groups in total. The molecule has 1 amide bonds. The van der Waals surface area contributed by atoms with Gasteiger partial charge in [0.2, 0.25) is 5.91 Å². The van der Waals surface area contributed by atoms with Gasteiger partial charge in [0.1, 0.15) is 6.04 Å². The topological polar surface area (TPSA) is 228 Å². The number of carbonyl (C=O) groups excluding carboxylic acids is 1. The summed E-state index contributed by atoms with van der Waals surface area (Å²) >= 11 is 0. The second-order valence-electron chi connectivity index (χ2n) is 7.83. The number of aliphatic carboxylic acids is 2. The molecule has 0 spiro atoms. The van der Waals surface area contributed by atoms with Gasteiger partial charge in [0.25, 0.3) is 0 Å². The summed E-state index contributed by atoms with van der Waals surface area (Å²) in [5.41, 5.74) is 13.5. The highest BCUT2D eigenvalue weighted by Gasteiger charge is 2.22. The fourth-order valence-corrected chi connectivity index (χ4v) is 2.87. The molecule has 0 aromatic rings. The van der Waals surface area contributed by atoms with Crippen LogP contribution >= 0.6 is 0 Å². The highest BCUT2D eigenvalue weighted by molar-refractivity contribution is 5.86. The quantitative estimate of drug-likeness (QED) is 0.0388. The number of hydrogen-bond acceptors (Lipinski definition) is 11. The molecular weight excluding hydrogens is 470 g/mol. The van der Waals surface area contributed by atoms with E-state index in [0.717, 1.165) is 38.5 Å². The van der Waals surface area contributed by atoms with E-state index in [0.29, 0.717) is 6.42 Å². The zero-order chi connectivity index (χ0) is 27.3. The van der Waals surface area contributed by atoms with E-state index < -0.39 is 30.3 Å². The number of unbranched alkanes of at least 4 members (excludes halogenated alkanes) is 8. The minimum atomic E-state index is -1.36. The normalized spacial score (nSPS) is 11.9. The average molecular weight is 518 g/mol. The lowest BCUT2D eigenvalue weighted by atomic mass is 10.1. The average Bonchev–Trinajstić information content (AvgIpc) is 2.84. The highest BCUT2D eigenvalue weighted by atomic mass is 16.4. The van der Waals surface area contributed by atoms with Crippen LogP contribution in [0.3, 0.4) is 0 Å². The van der Waals surface area contributed by atoms with Crippen molar-refractivity contribution >= 4 is 17.8 Å². The molecule has 0 aromatic carbocycles. The zero-order valence-electron chi connectivity index (χ0n) is 21.4. The maximum atomic E-state index is 11.7. The Bertz CT molecular complexity index is 600. The molecule has 0 rings (SSSR count). The second-order valence-corrected chi connectivity index (χ2v) is 7.83. The van der Waals surface area contributed by atoms with Gasteiger partial charge in [0.05, 0.1) is 6.42 Å². The van der Waals surface area contributed by atoms with Crippen molar-refractivity contribution in [3.8, 4) is 0 Å². The van der Waals surface area contributed by atoms with Crippen molar-refractivity contribution in [2.45, 2.75) is 96.4 Å². The molecule has 0 saturated heterocycles. The molecule has 36 heavy (non-hydrogen) atoms. The van der Waals surface area contributed by atoms with Crippen molar-refractivity contribution in [3.63, 3.8) is 0 Å². The number of nitrogens with two attached hydrogens (primary N) is 2. The summed E-state index contributed by atoms with van der Waals surface area (Å²) in [6, 6.07) is -1.36. The maximum absolute atomic E-state index is 11.7. The molecule has 0 aliphatic rings. The second kappa shape index (κ2) is 28.8. The first-order valence-electron chi connectivity index (χ1n) is 12.3. The lowest BCUT2D eigenvalue weighted by molar-refractivity contribution is -0.147. The minimum absolute atomic E-state index is 0.230. The molecule has 14 nitrogen and oxygen atoms in total. The number of carboxylic acids is 2. The van der Waals surface area contributed by atoms with Crippen LogP contribution < -0.4 is 50.2 Å². The number of carboxylic acid groups (broad SMARTS) is 2. The molecule has 0 heterocycles. The number of amides is 1. The van der Waals surface area contributed by atoms with Crippen LogP contribution in [0.5, 0.6) is 0 Å². The zero-order valence-corrected chi connectivity index (χ0v) is 21.4. The van der Waals surface area contributed by atoms with Gasteiger partial charge in [0.15, 0.2) is 0 Å². The summed E-state index contributed by atoms with van der Waals surface area (Å²) in [5, 5.41) is 19.8. The van der Waals surface area contributed by atoms with Crippen LogP contribution in [-0.2, 0) is 14.4 Å². The molecule has 0 fully saturated rings. The molecule has 0 radical (unpaired) electrons. The number of carbonyl (C=O) groups is 3. The Morgan fingerprint density at radius 1 is 0.750 bits per heavy atom. The van der Waals surface area contributed by atoms with E-state index in [-0.39, 0.29) is 6.42 Å². The van der Waals surface area contributed by atoms with Gasteiger partial charge in [-0.3, -0.25) is 21.3 Å². The van der Waals surface area contributed by atoms with E-state index >= 15 is 0 Å². The van der Waals surface area contributed by atoms with Gasteiger partial charge < -0.3 is 15.5 Å². The van der Waals surface area contributed by atoms with Crippen LogP contribution in [0.2, 0.25) is 0 Å². The molecule has 210 valence electrons. The molecule has 0 bridgehead atoms. The summed E-state index contributed by atoms with van der Waals surface area (Å²) < 4.78 is 0. The SMILES string of the molecule is CCCCC/C=C\C/C=C\CCCCCCCC(=O)NC(CC(=O)O)C(=O)O.NNNNNNNN. The smallest absolute Gasteiger partial charge is 0.326 e. The van der Waals surface area contributed by atoms with Crippen molar-refractivity contribution in [1.29, 1.82) is 0 Å². The summed E-state index contributed by atoms with van der Waals surface area (Å²) in [6.45, 7) is 2.21. The van der Waals surface area contributed by atoms with Crippen molar-refractivity contribution in [2.75, 3.05) is 0 Å². The Kier molecular flexibility index (Phi) is 28.6. The van der Waals surface area contributed by atoms with E-state index in [1.54, 1.807) is 0 Å². The third-order valence-electron chi connectivity index (χ3n) is 4.70. The molecule has 0 aliphatic carbocycles. The minimum Gasteiger partial charge on any atom is -0.481 e. The van der Waals surface area contributed by atoms with Gasteiger partial charge >= 0.3 is 11.9 Å². The number of hydrazine groups is 7. The number of hydrogen-bond donors (Lipinski definition) is 11. The monoisotopic (exact) mass is 517 g/mol. The fourth-order valence-electron chi connectivity index (χ4n) is 2.87.